The van der Waals surface area contributed by atoms with Gasteiger partial charge in [0.05, 0.1) is 11.7 Å². The maximum absolute atomic E-state index is 11.1. The number of ether oxygens (including phenoxy) is 1. The number of carbonyl (C=O) groups excluding carboxylic acids is 1. The summed E-state index contributed by atoms with van der Waals surface area (Å²) in [6.07, 6.45) is 3.25. The number of aromatic nitrogens is 1. The van der Waals surface area contributed by atoms with E-state index < -0.39 is 0 Å². The Morgan fingerprint density at radius 2 is 2.36 bits per heavy atom. The van der Waals surface area contributed by atoms with Gasteiger partial charge in [0, 0.05) is 12.4 Å². The summed E-state index contributed by atoms with van der Waals surface area (Å²) in [4.78, 5) is 13.9. The quantitative estimate of drug-likeness (QED) is 0.655. The Labute approximate surface area is 65.4 Å². The zero-order valence-electron chi connectivity index (χ0n) is 6.63. The molecule has 0 fully saturated rings. The van der Waals surface area contributed by atoms with E-state index in [-0.39, 0.29) is 12.1 Å². The average Bonchev–Trinajstić information content (AvgIpc) is 2.35. The Morgan fingerprint density at radius 1 is 1.64 bits per heavy atom. The number of esters is 1. The van der Waals surface area contributed by atoms with Gasteiger partial charge in [-0.15, -0.1) is 0 Å². The Balaban J connectivity index is 2.57. The van der Waals surface area contributed by atoms with Gasteiger partial charge in [-0.1, -0.05) is 0 Å². The van der Waals surface area contributed by atoms with Crippen LogP contribution >= 0.6 is 0 Å². The normalized spacial score (nSPS) is 10.1. The lowest BCUT2D eigenvalue weighted by Crippen LogP contribution is -2.10. The molecule has 0 aliphatic carbocycles. The number of aromatic amines is 1. The second kappa shape index (κ2) is 3.23. The van der Waals surface area contributed by atoms with Gasteiger partial charge in [-0.25, -0.2) is 4.79 Å². The van der Waals surface area contributed by atoms with Gasteiger partial charge in [-0.3, -0.25) is 0 Å². The lowest BCUT2D eigenvalue weighted by molar-refractivity contribution is 0.0378. The second-order valence-corrected chi connectivity index (χ2v) is 2.55. The summed E-state index contributed by atoms with van der Waals surface area (Å²) >= 11 is 0. The molecule has 11 heavy (non-hydrogen) atoms. The first-order chi connectivity index (χ1) is 5.20. The molecule has 0 bridgehead atoms. The molecule has 0 aromatic carbocycles. The van der Waals surface area contributed by atoms with Crippen molar-refractivity contribution in [2.75, 3.05) is 0 Å². The smallest absolute Gasteiger partial charge is 0.339 e. The first-order valence-corrected chi connectivity index (χ1v) is 3.54. The summed E-state index contributed by atoms with van der Waals surface area (Å²) in [5, 5.41) is 0. The Kier molecular flexibility index (Phi) is 2.31. The van der Waals surface area contributed by atoms with Crippen LogP contribution in [0.5, 0.6) is 0 Å². The summed E-state index contributed by atoms with van der Waals surface area (Å²) in [7, 11) is 0. The fourth-order valence-electron chi connectivity index (χ4n) is 0.733. The van der Waals surface area contributed by atoms with Crippen molar-refractivity contribution in [2.45, 2.75) is 20.0 Å². The highest BCUT2D eigenvalue weighted by Gasteiger charge is 2.07. The number of nitrogens with one attached hydrogen (secondary N) is 1. The largest absolute Gasteiger partial charge is 0.459 e. The van der Waals surface area contributed by atoms with Gasteiger partial charge < -0.3 is 9.72 Å². The zero-order chi connectivity index (χ0) is 8.27. The molecule has 0 amide bonds. The molecular formula is C8H11NO2. The number of carbonyl (C=O) groups is 1. The first kappa shape index (κ1) is 7.85. The van der Waals surface area contributed by atoms with Crippen molar-refractivity contribution in [1.82, 2.24) is 4.98 Å². The topological polar surface area (TPSA) is 42.1 Å². The molecule has 0 radical (unpaired) electrons. The Bertz CT molecular complexity index is 226. The molecule has 1 rings (SSSR count). The third kappa shape index (κ3) is 2.11. The van der Waals surface area contributed by atoms with E-state index in [1.165, 1.54) is 0 Å². The first-order valence-electron chi connectivity index (χ1n) is 3.54. The van der Waals surface area contributed by atoms with Gasteiger partial charge in [-0.05, 0) is 19.9 Å². The van der Waals surface area contributed by atoms with Crippen molar-refractivity contribution in [2.24, 2.45) is 0 Å². The SMILES string of the molecule is CC(C)OC(=O)c1cc[nH]c1. The molecule has 0 saturated carbocycles. The highest BCUT2D eigenvalue weighted by atomic mass is 16.5. The number of H-pyrrole nitrogens is 1. The molecule has 60 valence electrons. The molecule has 0 atom stereocenters. The van der Waals surface area contributed by atoms with Crippen LogP contribution in [-0.2, 0) is 4.74 Å². The standard InChI is InChI=1S/C8H11NO2/c1-6(2)11-8(10)7-3-4-9-5-7/h3-6,9H,1-2H3. The molecule has 1 N–H and O–H groups in total. The third-order valence-corrected chi connectivity index (χ3v) is 1.18. The Hall–Kier alpha value is -1.25. The molecule has 0 aliphatic rings. The van der Waals surface area contributed by atoms with Crippen LogP contribution in [0.3, 0.4) is 0 Å². The van der Waals surface area contributed by atoms with E-state index in [0.29, 0.717) is 5.56 Å². The maximum atomic E-state index is 11.1. The van der Waals surface area contributed by atoms with Crippen molar-refractivity contribution >= 4 is 5.97 Å². The maximum Gasteiger partial charge on any atom is 0.339 e. The van der Waals surface area contributed by atoms with Crippen molar-refractivity contribution < 1.29 is 9.53 Å². The molecule has 1 aromatic heterocycles. The molecule has 0 saturated heterocycles. The molecule has 3 heteroatoms. The van der Waals surface area contributed by atoms with Crippen molar-refractivity contribution in [3.63, 3.8) is 0 Å². The van der Waals surface area contributed by atoms with Gasteiger partial charge in [0.1, 0.15) is 0 Å². The summed E-state index contributed by atoms with van der Waals surface area (Å²) < 4.78 is 4.94. The fourth-order valence-corrected chi connectivity index (χ4v) is 0.733. The van der Waals surface area contributed by atoms with Gasteiger partial charge in [0.2, 0.25) is 0 Å². The van der Waals surface area contributed by atoms with Crippen LogP contribution in [0.25, 0.3) is 0 Å². The van der Waals surface area contributed by atoms with Crippen LogP contribution in [0.1, 0.15) is 24.2 Å². The highest BCUT2D eigenvalue weighted by molar-refractivity contribution is 5.89. The van der Waals surface area contributed by atoms with E-state index in [2.05, 4.69) is 4.98 Å². The predicted octanol–water partition coefficient (Wildman–Crippen LogP) is 1.58. The lowest BCUT2D eigenvalue weighted by atomic mass is 10.3. The van der Waals surface area contributed by atoms with E-state index in [1.807, 2.05) is 13.8 Å². The summed E-state index contributed by atoms with van der Waals surface area (Å²) in [6.45, 7) is 3.65. The van der Waals surface area contributed by atoms with Crippen molar-refractivity contribution in [3.8, 4) is 0 Å². The van der Waals surface area contributed by atoms with Crippen LogP contribution in [-0.4, -0.2) is 17.1 Å². The van der Waals surface area contributed by atoms with Gasteiger partial charge in [0.25, 0.3) is 0 Å². The van der Waals surface area contributed by atoms with Crippen LogP contribution < -0.4 is 0 Å². The van der Waals surface area contributed by atoms with E-state index in [9.17, 15) is 4.79 Å². The summed E-state index contributed by atoms with van der Waals surface area (Å²) in [5.74, 6) is -0.277. The van der Waals surface area contributed by atoms with Crippen molar-refractivity contribution in [1.29, 1.82) is 0 Å². The van der Waals surface area contributed by atoms with Crippen LogP contribution in [0, 0.1) is 0 Å². The van der Waals surface area contributed by atoms with Crippen LogP contribution in [0.2, 0.25) is 0 Å². The zero-order valence-corrected chi connectivity index (χ0v) is 6.63. The summed E-state index contributed by atoms with van der Waals surface area (Å²) in [5.41, 5.74) is 0.568. The molecule has 0 spiro atoms. The second-order valence-electron chi connectivity index (χ2n) is 2.55. The average molecular weight is 153 g/mol. The number of hydrogen-bond donors (Lipinski definition) is 1. The molecule has 0 unspecified atom stereocenters. The molecule has 0 aliphatic heterocycles. The van der Waals surface area contributed by atoms with Gasteiger partial charge in [0.15, 0.2) is 0 Å². The van der Waals surface area contributed by atoms with E-state index in [0.717, 1.165) is 0 Å². The van der Waals surface area contributed by atoms with Gasteiger partial charge in [-0.2, -0.15) is 0 Å². The number of hydrogen-bond acceptors (Lipinski definition) is 2. The molecule has 1 aromatic rings. The monoisotopic (exact) mass is 153 g/mol. The minimum absolute atomic E-state index is 0.0580. The van der Waals surface area contributed by atoms with E-state index >= 15 is 0 Å². The fraction of sp³-hybridized carbons (Fsp3) is 0.375. The molecular weight excluding hydrogens is 142 g/mol. The summed E-state index contributed by atoms with van der Waals surface area (Å²) in [6, 6.07) is 1.69. The lowest BCUT2D eigenvalue weighted by Gasteiger charge is -2.05. The van der Waals surface area contributed by atoms with Crippen LogP contribution in [0.4, 0.5) is 0 Å². The van der Waals surface area contributed by atoms with E-state index in [1.54, 1.807) is 18.5 Å². The highest BCUT2D eigenvalue weighted by Crippen LogP contribution is 2.01. The van der Waals surface area contributed by atoms with Crippen LogP contribution in [0.15, 0.2) is 18.5 Å². The molecule has 1 heterocycles. The Morgan fingerprint density at radius 3 is 2.82 bits per heavy atom. The van der Waals surface area contributed by atoms with Crippen molar-refractivity contribution in [3.05, 3.63) is 24.0 Å². The number of rotatable bonds is 2. The predicted molar refractivity (Wildman–Crippen MR) is 41.3 cm³/mol. The molecule has 3 nitrogen and oxygen atoms in total. The van der Waals surface area contributed by atoms with Gasteiger partial charge >= 0.3 is 5.97 Å². The minimum atomic E-state index is -0.277. The minimum Gasteiger partial charge on any atom is -0.459 e. The third-order valence-electron chi connectivity index (χ3n) is 1.18. The van der Waals surface area contributed by atoms with E-state index in [4.69, 9.17) is 4.74 Å².